The van der Waals surface area contributed by atoms with Crippen LogP contribution in [-0.4, -0.2) is 33.8 Å². The molecule has 1 amide bonds. The Morgan fingerprint density at radius 1 is 1.32 bits per heavy atom. The fourth-order valence-electron chi connectivity index (χ4n) is 2.37. The van der Waals surface area contributed by atoms with Crippen LogP contribution >= 0.6 is 0 Å². The molecule has 2 rings (SSSR count). The third kappa shape index (κ3) is 4.47. The van der Waals surface area contributed by atoms with Gasteiger partial charge in [-0.2, -0.15) is 5.10 Å². The molecule has 2 aromatic rings. The minimum atomic E-state index is -1.18. The lowest BCUT2D eigenvalue weighted by atomic mass is 10.0. The van der Waals surface area contributed by atoms with Crippen molar-refractivity contribution in [2.45, 2.75) is 26.8 Å². The minimum Gasteiger partial charge on any atom is -0.489 e. The predicted octanol–water partition coefficient (Wildman–Crippen LogP) is 2.54. The topological polar surface area (TPSA) is 104 Å². The molecular formula is C18H21N3O4. The number of aliphatic carboxylic acids is 1. The molecule has 0 saturated heterocycles. The van der Waals surface area contributed by atoms with E-state index in [-0.39, 0.29) is 0 Å². The summed E-state index contributed by atoms with van der Waals surface area (Å²) < 4.78 is 5.47. The molecule has 0 aliphatic heterocycles. The van der Waals surface area contributed by atoms with Gasteiger partial charge in [0.05, 0.1) is 5.69 Å². The number of nitrogens with one attached hydrogen (secondary N) is 2. The summed E-state index contributed by atoms with van der Waals surface area (Å²) in [7, 11) is 0. The Morgan fingerprint density at radius 2 is 1.96 bits per heavy atom. The third-order valence-electron chi connectivity index (χ3n) is 3.60. The van der Waals surface area contributed by atoms with Crippen molar-refractivity contribution in [1.82, 2.24) is 15.5 Å². The fraction of sp³-hybridized carbons (Fsp3) is 0.278. The number of carbonyl (C=O) groups excluding carboxylic acids is 1. The molecule has 1 aromatic heterocycles. The second-order valence-electron chi connectivity index (χ2n) is 5.86. The molecule has 0 spiro atoms. The monoisotopic (exact) mass is 343 g/mol. The van der Waals surface area contributed by atoms with E-state index in [9.17, 15) is 14.7 Å². The van der Waals surface area contributed by atoms with Crippen LogP contribution in [0.15, 0.2) is 36.4 Å². The lowest BCUT2D eigenvalue weighted by Crippen LogP contribution is -2.34. The molecule has 1 atom stereocenters. The van der Waals surface area contributed by atoms with Crippen molar-refractivity contribution in [3.8, 4) is 5.75 Å². The first kappa shape index (κ1) is 18.3. The Morgan fingerprint density at radius 3 is 2.44 bits per heavy atom. The highest BCUT2D eigenvalue weighted by molar-refractivity contribution is 5.97. The van der Waals surface area contributed by atoms with Gasteiger partial charge in [0, 0.05) is 16.8 Å². The number of rotatable bonds is 7. The van der Waals surface area contributed by atoms with Crippen molar-refractivity contribution in [1.29, 1.82) is 0 Å². The Kier molecular flexibility index (Phi) is 5.59. The molecular weight excluding hydrogens is 322 g/mol. The summed E-state index contributed by atoms with van der Waals surface area (Å²) in [5, 5.41) is 18.7. The van der Waals surface area contributed by atoms with E-state index in [1.165, 1.54) is 0 Å². The Labute approximate surface area is 145 Å². The van der Waals surface area contributed by atoms with Crippen LogP contribution < -0.4 is 10.1 Å². The minimum absolute atomic E-state index is 0.340. The van der Waals surface area contributed by atoms with Gasteiger partial charge in [0.1, 0.15) is 12.4 Å². The number of aromatic nitrogens is 2. The van der Waals surface area contributed by atoms with Gasteiger partial charge in [-0.25, -0.2) is 4.79 Å². The van der Waals surface area contributed by atoms with Crippen molar-refractivity contribution < 1.29 is 19.4 Å². The second kappa shape index (κ2) is 7.65. The van der Waals surface area contributed by atoms with Gasteiger partial charge < -0.3 is 15.2 Å². The van der Waals surface area contributed by atoms with Gasteiger partial charge in [-0.05, 0) is 50.6 Å². The first-order chi connectivity index (χ1) is 11.8. The maximum absolute atomic E-state index is 12.4. The van der Waals surface area contributed by atoms with Gasteiger partial charge in [0.2, 0.25) is 0 Å². The number of ether oxygens (including phenoxy) is 1. The van der Waals surface area contributed by atoms with Gasteiger partial charge in [0.15, 0.2) is 6.04 Å². The smallest absolute Gasteiger partial charge is 0.331 e. The highest BCUT2D eigenvalue weighted by Gasteiger charge is 2.27. The Bertz CT molecular complexity index is 774. The van der Waals surface area contributed by atoms with E-state index < -0.39 is 17.9 Å². The second-order valence-corrected chi connectivity index (χ2v) is 5.86. The number of aryl methyl sites for hydroxylation is 2. The summed E-state index contributed by atoms with van der Waals surface area (Å²) >= 11 is 0. The molecule has 132 valence electrons. The van der Waals surface area contributed by atoms with E-state index in [0.29, 0.717) is 34.9 Å². The average Bonchev–Trinajstić information content (AvgIpc) is 2.89. The fourth-order valence-corrected chi connectivity index (χ4v) is 2.37. The zero-order valence-electron chi connectivity index (χ0n) is 14.4. The highest BCUT2D eigenvalue weighted by Crippen LogP contribution is 2.21. The number of carboxylic acid groups (broad SMARTS) is 1. The zero-order chi connectivity index (χ0) is 18.6. The molecule has 0 radical (unpaired) electrons. The SMILES string of the molecule is C=C(C)COc1ccc(C(=O)NC(C(=O)O)c2c(C)n[nH]c2C)cc1. The lowest BCUT2D eigenvalue weighted by Gasteiger charge is -2.15. The highest BCUT2D eigenvalue weighted by atomic mass is 16.5. The van der Waals surface area contributed by atoms with Crippen LogP contribution in [0.2, 0.25) is 0 Å². The molecule has 1 aromatic carbocycles. The van der Waals surface area contributed by atoms with E-state index in [1.54, 1.807) is 38.1 Å². The normalized spacial score (nSPS) is 11.6. The van der Waals surface area contributed by atoms with E-state index >= 15 is 0 Å². The molecule has 0 aliphatic rings. The molecule has 0 aliphatic carbocycles. The average molecular weight is 343 g/mol. The molecule has 7 heteroatoms. The van der Waals surface area contributed by atoms with Crippen LogP contribution in [0.1, 0.15) is 40.3 Å². The zero-order valence-corrected chi connectivity index (χ0v) is 14.4. The maximum atomic E-state index is 12.4. The number of amides is 1. The van der Waals surface area contributed by atoms with Crippen LogP contribution in [0, 0.1) is 13.8 Å². The predicted molar refractivity (Wildman–Crippen MR) is 92.7 cm³/mol. The van der Waals surface area contributed by atoms with Crippen LogP contribution in [0.5, 0.6) is 5.75 Å². The number of benzene rings is 1. The number of hydrogen-bond donors (Lipinski definition) is 3. The van der Waals surface area contributed by atoms with Crippen LogP contribution in [-0.2, 0) is 4.79 Å². The van der Waals surface area contributed by atoms with Crippen molar-refractivity contribution in [2.24, 2.45) is 0 Å². The van der Waals surface area contributed by atoms with Gasteiger partial charge >= 0.3 is 5.97 Å². The molecule has 3 N–H and O–H groups in total. The van der Waals surface area contributed by atoms with Crippen LogP contribution in [0.25, 0.3) is 0 Å². The maximum Gasteiger partial charge on any atom is 0.331 e. The number of carboxylic acids is 1. The quantitative estimate of drug-likeness (QED) is 0.670. The largest absolute Gasteiger partial charge is 0.489 e. The van der Waals surface area contributed by atoms with E-state index in [4.69, 9.17) is 4.74 Å². The number of hydrogen-bond acceptors (Lipinski definition) is 4. The first-order valence-corrected chi connectivity index (χ1v) is 7.72. The van der Waals surface area contributed by atoms with E-state index in [0.717, 1.165) is 5.57 Å². The molecule has 0 saturated carbocycles. The molecule has 1 unspecified atom stereocenters. The van der Waals surface area contributed by atoms with Crippen LogP contribution in [0.4, 0.5) is 0 Å². The van der Waals surface area contributed by atoms with Gasteiger partial charge in [-0.15, -0.1) is 0 Å². The summed E-state index contributed by atoms with van der Waals surface area (Å²) in [5.74, 6) is -1.03. The molecule has 25 heavy (non-hydrogen) atoms. The lowest BCUT2D eigenvalue weighted by molar-refractivity contribution is -0.139. The van der Waals surface area contributed by atoms with Crippen molar-refractivity contribution in [3.05, 3.63) is 58.9 Å². The summed E-state index contributed by atoms with van der Waals surface area (Å²) in [5.41, 5.74) is 2.83. The van der Waals surface area contributed by atoms with Crippen LogP contribution in [0.3, 0.4) is 0 Å². The standard InChI is InChI=1S/C18H21N3O4/c1-10(2)9-25-14-7-5-13(6-8-14)17(22)19-16(18(23)24)15-11(3)20-21-12(15)4/h5-8,16H,1,9H2,2-4H3,(H,19,22)(H,20,21)(H,23,24). The van der Waals surface area contributed by atoms with Crippen molar-refractivity contribution >= 4 is 11.9 Å². The molecule has 0 fully saturated rings. The van der Waals surface area contributed by atoms with Gasteiger partial charge in [-0.1, -0.05) is 6.58 Å². The number of H-pyrrole nitrogens is 1. The van der Waals surface area contributed by atoms with E-state index in [1.807, 2.05) is 6.92 Å². The Hall–Kier alpha value is -3.09. The van der Waals surface area contributed by atoms with Crippen molar-refractivity contribution in [3.63, 3.8) is 0 Å². The van der Waals surface area contributed by atoms with Gasteiger partial charge in [-0.3, -0.25) is 9.89 Å². The Balaban J connectivity index is 2.14. The van der Waals surface area contributed by atoms with E-state index in [2.05, 4.69) is 22.1 Å². The number of carbonyl (C=O) groups is 2. The molecule has 7 nitrogen and oxygen atoms in total. The summed E-state index contributed by atoms with van der Waals surface area (Å²) in [6, 6.07) is 5.29. The summed E-state index contributed by atoms with van der Waals surface area (Å²) in [4.78, 5) is 24.0. The van der Waals surface area contributed by atoms with Gasteiger partial charge in [0.25, 0.3) is 5.91 Å². The summed E-state index contributed by atoms with van der Waals surface area (Å²) in [6.07, 6.45) is 0. The molecule has 1 heterocycles. The summed E-state index contributed by atoms with van der Waals surface area (Å²) in [6.45, 7) is 9.40. The van der Waals surface area contributed by atoms with Crippen molar-refractivity contribution in [2.75, 3.05) is 6.61 Å². The first-order valence-electron chi connectivity index (χ1n) is 7.72. The number of aromatic amines is 1. The number of nitrogens with zero attached hydrogens (tertiary/aromatic N) is 1. The third-order valence-corrected chi connectivity index (χ3v) is 3.60. The molecule has 0 bridgehead atoms.